The van der Waals surface area contributed by atoms with Gasteiger partial charge >= 0.3 is 5.97 Å². The number of ether oxygens (including phenoxy) is 1. The molecule has 0 aromatic rings. The summed E-state index contributed by atoms with van der Waals surface area (Å²) in [5, 5.41) is 3.33. The van der Waals surface area contributed by atoms with E-state index in [1.54, 1.807) is 6.92 Å². The maximum absolute atomic E-state index is 11.2. The van der Waals surface area contributed by atoms with Gasteiger partial charge in [-0.1, -0.05) is 19.9 Å². The first-order valence-electron chi connectivity index (χ1n) is 5.65. The van der Waals surface area contributed by atoms with Crippen molar-refractivity contribution in [3.8, 4) is 0 Å². The molecule has 0 bridgehead atoms. The highest BCUT2D eigenvalue weighted by atomic mass is 16.5. The van der Waals surface area contributed by atoms with Gasteiger partial charge in [0.1, 0.15) is 0 Å². The molecule has 0 aromatic carbocycles. The molecule has 1 N–H and O–H groups in total. The SMILES string of the molecule is CCOC(=O)/C(C)=C/CCCNC(C)C. The Morgan fingerprint density at radius 2 is 2.13 bits per heavy atom. The van der Waals surface area contributed by atoms with Gasteiger partial charge in [0.05, 0.1) is 6.61 Å². The van der Waals surface area contributed by atoms with E-state index in [1.165, 1.54) is 0 Å². The fourth-order valence-electron chi connectivity index (χ4n) is 1.14. The number of hydrogen-bond acceptors (Lipinski definition) is 3. The highest BCUT2D eigenvalue weighted by Crippen LogP contribution is 2.00. The summed E-state index contributed by atoms with van der Waals surface area (Å²) in [6.07, 6.45) is 3.92. The molecule has 0 aliphatic rings. The smallest absolute Gasteiger partial charge is 0.333 e. The van der Waals surface area contributed by atoms with Gasteiger partial charge in [0.15, 0.2) is 0 Å². The van der Waals surface area contributed by atoms with E-state index in [4.69, 9.17) is 4.74 Å². The van der Waals surface area contributed by atoms with Gasteiger partial charge in [0.25, 0.3) is 0 Å². The minimum atomic E-state index is -0.200. The van der Waals surface area contributed by atoms with Gasteiger partial charge in [-0.3, -0.25) is 0 Å². The van der Waals surface area contributed by atoms with Crippen molar-refractivity contribution in [3.05, 3.63) is 11.6 Å². The molecule has 88 valence electrons. The lowest BCUT2D eigenvalue weighted by Crippen LogP contribution is -2.23. The Kier molecular flexibility index (Phi) is 8.01. The summed E-state index contributed by atoms with van der Waals surface area (Å²) in [6, 6.07) is 0.528. The van der Waals surface area contributed by atoms with Crippen LogP contribution in [0.1, 0.15) is 40.5 Å². The lowest BCUT2D eigenvalue weighted by Gasteiger charge is -2.06. The number of rotatable bonds is 7. The number of hydrogen-bond donors (Lipinski definition) is 1. The number of unbranched alkanes of at least 4 members (excludes halogenated alkanes) is 1. The summed E-state index contributed by atoms with van der Waals surface area (Å²) in [7, 11) is 0. The van der Waals surface area contributed by atoms with Gasteiger partial charge < -0.3 is 10.1 Å². The molecule has 0 spiro atoms. The quantitative estimate of drug-likeness (QED) is 0.400. The third-order valence-electron chi connectivity index (χ3n) is 1.98. The summed E-state index contributed by atoms with van der Waals surface area (Å²) < 4.78 is 4.88. The standard InChI is InChI=1S/C12H23NO2/c1-5-15-12(14)11(4)8-6-7-9-13-10(2)3/h8,10,13H,5-7,9H2,1-4H3/b11-8+. The molecule has 0 aromatic heterocycles. The molecule has 0 rings (SSSR count). The predicted octanol–water partition coefficient (Wildman–Crippen LogP) is 2.27. The zero-order chi connectivity index (χ0) is 11.7. The van der Waals surface area contributed by atoms with E-state index in [2.05, 4.69) is 19.2 Å². The van der Waals surface area contributed by atoms with Crippen molar-refractivity contribution < 1.29 is 9.53 Å². The second-order valence-electron chi connectivity index (χ2n) is 3.86. The van der Waals surface area contributed by atoms with Crippen LogP contribution in [0.25, 0.3) is 0 Å². The highest BCUT2D eigenvalue weighted by Gasteiger charge is 2.02. The third kappa shape index (κ3) is 8.18. The molecule has 0 amide bonds. The number of carbonyl (C=O) groups is 1. The van der Waals surface area contributed by atoms with Gasteiger partial charge in [-0.15, -0.1) is 0 Å². The Bertz CT molecular complexity index is 210. The summed E-state index contributed by atoms with van der Waals surface area (Å²) in [5.41, 5.74) is 0.710. The van der Waals surface area contributed by atoms with Crippen molar-refractivity contribution in [2.45, 2.75) is 46.6 Å². The van der Waals surface area contributed by atoms with E-state index in [-0.39, 0.29) is 5.97 Å². The molecule has 0 radical (unpaired) electrons. The van der Waals surface area contributed by atoms with Crippen molar-refractivity contribution in [2.75, 3.05) is 13.2 Å². The molecule has 0 aliphatic heterocycles. The third-order valence-corrected chi connectivity index (χ3v) is 1.98. The molecular formula is C12H23NO2. The molecule has 3 nitrogen and oxygen atoms in total. The lowest BCUT2D eigenvalue weighted by molar-refractivity contribution is -0.138. The van der Waals surface area contributed by atoms with Crippen LogP contribution in [0.5, 0.6) is 0 Å². The van der Waals surface area contributed by atoms with Crippen LogP contribution in [0.15, 0.2) is 11.6 Å². The van der Waals surface area contributed by atoms with Crippen LogP contribution >= 0.6 is 0 Å². The zero-order valence-electron chi connectivity index (χ0n) is 10.3. The monoisotopic (exact) mass is 213 g/mol. The fraction of sp³-hybridized carbons (Fsp3) is 0.750. The minimum Gasteiger partial charge on any atom is -0.463 e. The number of nitrogens with one attached hydrogen (secondary N) is 1. The maximum atomic E-state index is 11.2. The van der Waals surface area contributed by atoms with Crippen LogP contribution in [0.3, 0.4) is 0 Å². The molecule has 0 saturated heterocycles. The van der Waals surface area contributed by atoms with Crippen LogP contribution in [0, 0.1) is 0 Å². The van der Waals surface area contributed by atoms with Crippen LogP contribution in [0.4, 0.5) is 0 Å². The summed E-state index contributed by atoms with van der Waals surface area (Å²) in [6.45, 7) is 9.30. The molecule has 0 saturated carbocycles. The van der Waals surface area contributed by atoms with Crippen LogP contribution in [-0.2, 0) is 9.53 Å². The van der Waals surface area contributed by atoms with Crippen LogP contribution < -0.4 is 5.32 Å². The van der Waals surface area contributed by atoms with Crippen molar-refractivity contribution in [1.82, 2.24) is 5.32 Å². The van der Waals surface area contributed by atoms with Crippen molar-refractivity contribution in [2.24, 2.45) is 0 Å². The molecule has 0 unspecified atom stereocenters. The van der Waals surface area contributed by atoms with E-state index in [0.717, 1.165) is 19.4 Å². The first-order valence-corrected chi connectivity index (χ1v) is 5.65. The highest BCUT2D eigenvalue weighted by molar-refractivity contribution is 5.87. The average Bonchev–Trinajstić information content (AvgIpc) is 2.16. The molecule has 15 heavy (non-hydrogen) atoms. The summed E-state index contributed by atoms with van der Waals surface area (Å²) in [5.74, 6) is -0.200. The van der Waals surface area contributed by atoms with Crippen molar-refractivity contribution in [3.63, 3.8) is 0 Å². The van der Waals surface area contributed by atoms with Crippen LogP contribution in [-0.4, -0.2) is 25.2 Å². The Balaban J connectivity index is 3.62. The van der Waals surface area contributed by atoms with Gasteiger partial charge in [0.2, 0.25) is 0 Å². The second kappa shape index (κ2) is 8.48. The Labute approximate surface area is 92.9 Å². The second-order valence-corrected chi connectivity index (χ2v) is 3.86. The lowest BCUT2D eigenvalue weighted by atomic mass is 10.2. The van der Waals surface area contributed by atoms with Gasteiger partial charge in [-0.2, -0.15) is 0 Å². The van der Waals surface area contributed by atoms with E-state index in [9.17, 15) is 4.79 Å². The molecule has 0 atom stereocenters. The molecule has 0 heterocycles. The van der Waals surface area contributed by atoms with Crippen LogP contribution in [0.2, 0.25) is 0 Å². The van der Waals surface area contributed by atoms with E-state index < -0.39 is 0 Å². The Morgan fingerprint density at radius 1 is 1.47 bits per heavy atom. The number of carbonyl (C=O) groups excluding carboxylic acids is 1. The van der Waals surface area contributed by atoms with Crippen molar-refractivity contribution in [1.29, 1.82) is 0 Å². The molecule has 0 aliphatic carbocycles. The molecule has 0 fully saturated rings. The average molecular weight is 213 g/mol. The van der Waals surface area contributed by atoms with Gasteiger partial charge in [0, 0.05) is 11.6 Å². The minimum absolute atomic E-state index is 0.200. The van der Waals surface area contributed by atoms with E-state index >= 15 is 0 Å². The summed E-state index contributed by atoms with van der Waals surface area (Å²) >= 11 is 0. The number of allylic oxidation sites excluding steroid dienone is 1. The predicted molar refractivity (Wildman–Crippen MR) is 62.8 cm³/mol. The van der Waals surface area contributed by atoms with E-state index in [0.29, 0.717) is 18.2 Å². The first kappa shape index (κ1) is 14.2. The number of esters is 1. The maximum Gasteiger partial charge on any atom is 0.333 e. The largest absolute Gasteiger partial charge is 0.463 e. The van der Waals surface area contributed by atoms with Crippen molar-refractivity contribution >= 4 is 5.97 Å². The van der Waals surface area contributed by atoms with Gasteiger partial charge in [-0.25, -0.2) is 4.79 Å². The van der Waals surface area contributed by atoms with E-state index in [1.807, 2.05) is 13.0 Å². The Hall–Kier alpha value is -0.830. The molecular weight excluding hydrogens is 190 g/mol. The Morgan fingerprint density at radius 3 is 2.67 bits per heavy atom. The normalized spacial score (nSPS) is 11.9. The fourth-order valence-corrected chi connectivity index (χ4v) is 1.14. The zero-order valence-corrected chi connectivity index (χ0v) is 10.3. The van der Waals surface area contributed by atoms with Gasteiger partial charge in [-0.05, 0) is 33.2 Å². The first-order chi connectivity index (χ1) is 7.07. The topological polar surface area (TPSA) is 38.3 Å². The summed E-state index contributed by atoms with van der Waals surface area (Å²) in [4.78, 5) is 11.2. The molecule has 3 heteroatoms.